The van der Waals surface area contributed by atoms with Gasteiger partial charge in [-0.1, -0.05) is 6.92 Å². The number of thiazole rings is 1. The number of hydrogen-bond donors (Lipinski definition) is 1. The molecule has 112 valence electrons. The van der Waals surface area contributed by atoms with E-state index in [2.05, 4.69) is 17.1 Å². The lowest BCUT2D eigenvalue weighted by Crippen LogP contribution is -2.31. The lowest BCUT2D eigenvalue weighted by Gasteiger charge is -2.26. The lowest BCUT2D eigenvalue weighted by molar-refractivity contribution is 0.181. The summed E-state index contributed by atoms with van der Waals surface area (Å²) in [5.74, 6) is 0.913. The van der Waals surface area contributed by atoms with Crippen molar-refractivity contribution in [3.63, 3.8) is 0 Å². The zero-order chi connectivity index (χ0) is 13.9. The quantitative estimate of drug-likeness (QED) is 0.785. The first-order chi connectivity index (χ1) is 9.81. The van der Waals surface area contributed by atoms with Crippen molar-refractivity contribution < 1.29 is 4.74 Å². The Labute approximate surface area is 125 Å². The number of methoxy groups -OCH3 is 1. The Hall–Kier alpha value is -0.650. The van der Waals surface area contributed by atoms with Gasteiger partial charge in [-0.2, -0.15) is 0 Å². The molecule has 2 atom stereocenters. The maximum Gasteiger partial charge on any atom is 0.186 e. The van der Waals surface area contributed by atoms with Crippen LogP contribution in [0.25, 0.3) is 0 Å². The van der Waals surface area contributed by atoms with Crippen molar-refractivity contribution in [3.8, 4) is 0 Å². The van der Waals surface area contributed by atoms with Crippen LogP contribution in [0.3, 0.4) is 0 Å². The van der Waals surface area contributed by atoms with Crippen LogP contribution in [0.5, 0.6) is 0 Å². The molecule has 2 unspecified atom stereocenters. The summed E-state index contributed by atoms with van der Waals surface area (Å²) in [5.41, 5.74) is 1.12. The number of nitrogens with one attached hydrogen (secondary N) is 1. The molecule has 5 heteroatoms. The Morgan fingerprint density at radius 1 is 1.45 bits per heavy atom. The van der Waals surface area contributed by atoms with E-state index in [-0.39, 0.29) is 0 Å². The summed E-state index contributed by atoms with van der Waals surface area (Å²) in [6, 6.07) is 0.748. The highest BCUT2D eigenvalue weighted by molar-refractivity contribution is 7.15. The number of anilines is 1. The van der Waals surface area contributed by atoms with Crippen molar-refractivity contribution >= 4 is 16.5 Å². The van der Waals surface area contributed by atoms with Gasteiger partial charge in [0, 0.05) is 31.1 Å². The van der Waals surface area contributed by atoms with Crippen molar-refractivity contribution in [2.24, 2.45) is 5.92 Å². The van der Waals surface area contributed by atoms with E-state index >= 15 is 0 Å². The molecule has 4 nitrogen and oxygen atoms in total. The molecule has 0 spiro atoms. The Kier molecular flexibility index (Phi) is 4.58. The average Bonchev–Trinajstić information content (AvgIpc) is 3.14. The van der Waals surface area contributed by atoms with Gasteiger partial charge in [0.15, 0.2) is 5.13 Å². The summed E-state index contributed by atoms with van der Waals surface area (Å²) < 4.78 is 5.31. The van der Waals surface area contributed by atoms with E-state index in [1.54, 1.807) is 7.11 Å². The van der Waals surface area contributed by atoms with E-state index in [9.17, 15) is 0 Å². The molecular weight excluding hydrogens is 270 g/mol. The largest absolute Gasteiger partial charge is 0.378 e. The molecule has 0 radical (unpaired) electrons. The molecule has 0 aromatic carbocycles. The number of ether oxygens (including phenoxy) is 1. The van der Waals surface area contributed by atoms with Crippen LogP contribution in [-0.2, 0) is 17.9 Å². The number of fused-ring (bicyclic) bond motifs is 2. The molecule has 1 saturated carbocycles. The van der Waals surface area contributed by atoms with Gasteiger partial charge < -0.3 is 15.0 Å². The predicted molar refractivity (Wildman–Crippen MR) is 83.3 cm³/mol. The highest BCUT2D eigenvalue weighted by Crippen LogP contribution is 2.42. The second-order valence-electron chi connectivity index (χ2n) is 5.96. The topological polar surface area (TPSA) is 37.4 Å². The molecule has 1 aromatic rings. The lowest BCUT2D eigenvalue weighted by atomic mass is 10.1. The third kappa shape index (κ3) is 2.85. The Morgan fingerprint density at radius 2 is 2.35 bits per heavy atom. The highest BCUT2D eigenvalue weighted by atomic mass is 32.1. The van der Waals surface area contributed by atoms with Gasteiger partial charge in [0.25, 0.3) is 0 Å². The minimum atomic E-state index is 0.627. The van der Waals surface area contributed by atoms with Crippen LogP contribution in [0, 0.1) is 5.92 Å². The van der Waals surface area contributed by atoms with E-state index in [1.165, 1.54) is 42.2 Å². The van der Waals surface area contributed by atoms with Gasteiger partial charge in [0.05, 0.1) is 12.3 Å². The average molecular weight is 295 g/mol. The molecule has 1 aliphatic heterocycles. The van der Waals surface area contributed by atoms with Gasteiger partial charge in [0.2, 0.25) is 0 Å². The number of rotatable bonds is 7. The first-order valence-electron chi connectivity index (χ1n) is 7.76. The molecule has 2 bridgehead atoms. The molecule has 2 fully saturated rings. The molecule has 2 aliphatic rings. The molecule has 2 heterocycles. The number of hydrogen-bond acceptors (Lipinski definition) is 5. The fourth-order valence-electron chi connectivity index (χ4n) is 3.42. The smallest absolute Gasteiger partial charge is 0.186 e. The second kappa shape index (κ2) is 6.41. The van der Waals surface area contributed by atoms with E-state index in [0.29, 0.717) is 6.61 Å². The standard InChI is InChI=1S/C15H25N3OS/c1-3-6-16-8-14-13(10-19-2)17-15(20-14)18-9-11-4-5-12(18)7-11/h11-12,16H,3-10H2,1-2H3. The van der Waals surface area contributed by atoms with E-state index in [4.69, 9.17) is 9.72 Å². The van der Waals surface area contributed by atoms with Gasteiger partial charge >= 0.3 is 0 Å². The van der Waals surface area contributed by atoms with E-state index in [1.807, 2.05) is 11.3 Å². The number of piperidine rings is 1. The minimum Gasteiger partial charge on any atom is -0.378 e. The van der Waals surface area contributed by atoms with Crippen LogP contribution >= 0.6 is 11.3 Å². The van der Waals surface area contributed by atoms with Crippen molar-refractivity contribution in [2.75, 3.05) is 25.1 Å². The molecule has 3 rings (SSSR count). The van der Waals surface area contributed by atoms with Gasteiger partial charge in [-0.15, -0.1) is 11.3 Å². The monoisotopic (exact) mass is 295 g/mol. The Morgan fingerprint density at radius 3 is 3.00 bits per heavy atom. The molecule has 1 saturated heterocycles. The summed E-state index contributed by atoms with van der Waals surface area (Å²) in [4.78, 5) is 8.75. The van der Waals surface area contributed by atoms with Crippen molar-refractivity contribution in [3.05, 3.63) is 10.6 Å². The third-order valence-electron chi connectivity index (χ3n) is 4.42. The zero-order valence-electron chi connectivity index (χ0n) is 12.5. The number of nitrogens with zero attached hydrogens (tertiary/aromatic N) is 2. The summed E-state index contributed by atoms with van der Waals surface area (Å²) in [6.45, 7) is 6.02. The van der Waals surface area contributed by atoms with Crippen LogP contribution in [0.2, 0.25) is 0 Å². The molecule has 20 heavy (non-hydrogen) atoms. The Balaban J connectivity index is 1.72. The van der Waals surface area contributed by atoms with Crippen LogP contribution in [-0.4, -0.2) is 31.2 Å². The van der Waals surface area contributed by atoms with Gasteiger partial charge in [-0.3, -0.25) is 0 Å². The highest BCUT2D eigenvalue weighted by Gasteiger charge is 2.39. The van der Waals surface area contributed by atoms with E-state index in [0.717, 1.165) is 30.7 Å². The maximum atomic E-state index is 5.31. The third-order valence-corrected chi connectivity index (χ3v) is 5.55. The predicted octanol–water partition coefficient (Wildman–Crippen LogP) is 2.78. The molecular formula is C15H25N3OS. The van der Waals surface area contributed by atoms with Crippen molar-refractivity contribution in [2.45, 2.75) is 51.8 Å². The first-order valence-corrected chi connectivity index (χ1v) is 8.58. The summed E-state index contributed by atoms with van der Waals surface area (Å²) in [6.07, 6.45) is 5.32. The van der Waals surface area contributed by atoms with Crippen molar-refractivity contribution in [1.29, 1.82) is 0 Å². The van der Waals surface area contributed by atoms with Crippen LogP contribution in [0.1, 0.15) is 43.2 Å². The van der Waals surface area contributed by atoms with Gasteiger partial charge in [-0.05, 0) is 38.1 Å². The van der Waals surface area contributed by atoms with Crippen LogP contribution < -0.4 is 10.2 Å². The zero-order valence-corrected chi connectivity index (χ0v) is 13.3. The van der Waals surface area contributed by atoms with E-state index < -0.39 is 0 Å². The SMILES string of the molecule is CCCNCc1sc(N2CC3CCC2C3)nc1COC. The summed E-state index contributed by atoms with van der Waals surface area (Å²) in [7, 11) is 1.75. The normalized spacial score (nSPS) is 24.8. The fraction of sp³-hybridized carbons (Fsp3) is 0.800. The second-order valence-corrected chi connectivity index (χ2v) is 7.02. The Bertz CT molecular complexity index is 448. The van der Waals surface area contributed by atoms with Crippen LogP contribution in [0.15, 0.2) is 0 Å². The summed E-state index contributed by atoms with van der Waals surface area (Å²) >= 11 is 1.86. The van der Waals surface area contributed by atoms with Gasteiger partial charge in [-0.25, -0.2) is 4.98 Å². The minimum absolute atomic E-state index is 0.627. The molecule has 1 aliphatic carbocycles. The van der Waals surface area contributed by atoms with Gasteiger partial charge in [0.1, 0.15) is 0 Å². The molecule has 1 N–H and O–H groups in total. The first kappa shape index (κ1) is 14.3. The number of aromatic nitrogens is 1. The van der Waals surface area contributed by atoms with Crippen LogP contribution in [0.4, 0.5) is 5.13 Å². The maximum absolute atomic E-state index is 5.31. The molecule has 0 amide bonds. The molecule has 1 aromatic heterocycles. The summed E-state index contributed by atoms with van der Waals surface area (Å²) in [5, 5.41) is 4.70. The van der Waals surface area contributed by atoms with Crippen molar-refractivity contribution in [1.82, 2.24) is 10.3 Å². The fourth-order valence-corrected chi connectivity index (χ4v) is 4.53.